The van der Waals surface area contributed by atoms with E-state index >= 15 is 0 Å². The summed E-state index contributed by atoms with van der Waals surface area (Å²) in [7, 11) is 0. The smallest absolute Gasteiger partial charge is 0.478 e. The number of benzene rings is 1. The maximum absolute atomic E-state index is 12.2. The van der Waals surface area contributed by atoms with Crippen molar-refractivity contribution in [2.45, 2.75) is 25.0 Å². The maximum Gasteiger partial charge on any atom is 0.573 e. The summed E-state index contributed by atoms with van der Waals surface area (Å²) in [4.78, 5) is 10.9. The zero-order chi connectivity index (χ0) is 16.2. The summed E-state index contributed by atoms with van der Waals surface area (Å²) in [6, 6.07) is 2.33. The van der Waals surface area contributed by atoms with Gasteiger partial charge in [-0.1, -0.05) is 0 Å². The van der Waals surface area contributed by atoms with Crippen molar-refractivity contribution in [2.24, 2.45) is 0 Å². The van der Waals surface area contributed by atoms with Crippen molar-refractivity contribution < 1.29 is 43.1 Å². The molecule has 21 heavy (non-hydrogen) atoms. The number of rotatable bonds is 6. The van der Waals surface area contributed by atoms with Crippen LogP contribution in [-0.2, 0) is 0 Å². The highest BCUT2D eigenvalue weighted by Crippen LogP contribution is 2.29. The monoisotopic (exact) mass is 310 g/mol. The van der Waals surface area contributed by atoms with E-state index in [1.807, 2.05) is 0 Å². The van der Waals surface area contributed by atoms with E-state index in [-0.39, 0.29) is 12.0 Å². The van der Waals surface area contributed by atoms with E-state index in [4.69, 9.17) is 10.2 Å². The highest BCUT2D eigenvalue weighted by atomic mass is 19.4. The molecule has 0 saturated carbocycles. The van der Waals surface area contributed by atoms with Crippen LogP contribution in [0.5, 0.6) is 5.75 Å². The SMILES string of the molecule is O=C(O)c1cc(OC(F)(F)F)cc(C(O)C(O)CCO)c1. The van der Waals surface area contributed by atoms with Crippen LogP contribution in [0.4, 0.5) is 13.2 Å². The number of carbonyl (C=O) groups is 1. The summed E-state index contributed by atoms with van der Waals surface area (Å²) in [5, 5.41) is 36.7. The maximum atomic E-state index is 12.2. The molecule has 2 unspecified atom stereocenters. The number of alkyl halides is 3. The summed E-state index contributed by atoms with van der Waals surface area (Å²) in [6.07, 6.45) is -8.37. The van der Waals surface area contributed by atoms with E-state index in [1.165, 1.54) is 0 Å². The third kappa shape index (κ3) is 5.21. The number of carboxylic acids is 1. The van der Waals surface area contributed by atoms with Gasteiger partial charge in [0, 0.05) is 6.61 Å². The molecule has 4 N–H and O–H groups in total. The number of halogens is 3. The second kappa shape index (κ2) is 6.74. The third-order valence-corrected chi connectivity index (χ3v) is 2.54. The van der Waals surface area contributed by atoms with Crippen LogP contribution in [-0.4, -0.2) is 45.5 Å². The summed E-state index contributed by atoms with van der Waals surface area (Å²) in [5.74, 6) is -2.35. The van der Waals surface area contributed by atoms with Gasteiger partial charge in [-0.2, -0.15) is 0 Å². The van der Waals surface area contributed by atoms with E-state index in [2.05, 4.69) is 4.74 Å². The van der Waals surface area contributed by atoms with Crippen molar-refractivity contribution in [3.63, 3.8) is 0 Å². The van der Waals surface area contributed by atoms with Gasteiger partial charge < -0.3 is 25.2 Å². The molecule has 0 heterocycles. The minimum Gasteiger partial charge on any atom is -0.478 e. The summed E-state index contributed by atoms with van der Waals surface area (Å²) < 4.78 is 40.1. The predicted molar refractivity (Wildman–Crippen MR) is 62.8 cm³/mol. The van der Waals surface area contributed by atoms with Crippen LogP contribution in [0, 0.1) is 0 Å². The van der Waals surface area contributed by atoms with Crippen molar-refractivity contribution in [3.05, 3.63) is 29.3 Å². The van der Waals surface area contributed by atoms with E-state index in [9.17, 15) is 28.2 Å². The van der Waals surface area contributed by atoms with Gasteiger partial charge in [-0.15, -0.1) is 13.2 Å². The lowest BCUT2D eigenvalue weighted by atomic mass is 10.00. The fraction of sp³-hybridized carbons (Fsp3) is 0.417. The van der Waals surface area contributed by atoms with Gasteiger partial charge in [0.05, 0.1) is 11.7 Å². The zero-order valence-electron chi connectivity index (χ0n) is 10.5. The molecule has 0 amide bonds. The molecule has 0 bridgehead atoms. The van der Waals surface area contributed by atoms with E-state index in [0.717, 1.165) is 12.1 Å². The van der Waals surface area contributed by atoms with Gasteiger partial charge in [0.1, 0.15) is 11.9 Å². The fourth-order valence-electron chi connectivity index (χ4n) is 1.62. The number of aliphatic hydroxyl groups is 3. The van der Waals surface area contributed by atoms with Crippen LogP contribution in [0.1, 0.15) is 28.4 Å². The fourth-order valence-corrected chi connectivity index (χ4v) is 1.62. The van der Waals surface area contributed by atoms with E-state index in [0.29, 0.717) is 6.07 Å². The van der Waals surface area contributed by atoms with Gasteiger partial charge in [0.15, 0.2) is 0 Å². The Morgan fingerprint density at radius 2 is 1.86 bits per heavy atom. The number of ether oxygens (including phenoxy) is 1. The Hall–Kier alpha value is -1.84. The second-order valence-corrected chi connectivity index (χ2v) is 4.17. The van der Waals surface area contributed by atoms with Crippen molar-refractivity contribution in [1.29, 1.82) is 0 Å². The first kappa shape index (κ1) is 17.2. The predicted octanol–water partition coefficient (Wildman–Crippen LogP) is 1.06. The van der Waals surface area contributed by atoms with Crippen molar-refractivity contribution in [2.75, 3.05) is 6.61 Å². The molecule has 0 aliphatic carbocycles. The molecular weight excluding hydrogens is 297 g/mol. The number of hydrogen-bond donors (Lipinski definition) is 4. The minimum atomic E-state index is -5.02. The highest BCUT2D eigenvalue weighted by molar-refractivity contribution is 5.88. The van der Waals surface area contributed by atoms with Gasteiger partial charge in [0.2, 0.25) is 0 Å². The van der Waals surface area contributed by atoms with Crippen molar-refractivity contribution >= 4 is 5.97 Å². The Morgan fingerprint density at radius 1 is 1.24 bits per heavy atom. The lowest BCUT2D eigenvalue weighted by molar-refractivity contribution is -0.274. The average Bonchev–Trinajstić information content (AvgIpc) is 2.35. The topological polar surface area (TPSA) is 107 Å². The second-order valence-electron chi connectivity index (χ2n) is 4.17. The Morgan fingerprint density at radius 3 is 2.33 bits per heavy atom. The van der Waals surface area contributed by atoms with Crippen LogP contribution in [0.25, 0.3) is 0 Å². The largest absolute Gasteiger partial charge is 0.573 e. The number of aliphatic hydroxyl groups excluding tert-OH is 3. The Kier molecular flexibility index (Phi) is 5.53. The third-order valence-electron chi connectivity index (χ3n) is 2.54. The molecule has 0 aliphatic rings. The van der Waals surface area contributed by atoms with Gasteiger partial charge in [-0.25, -0.2) is 4.79 Å². The quantitative estimate of drug-likeness (QED) is 0.626. The molecule has 1 aromatic rings. The van der Waals surface area contributed by atoms with Crippen LogP contribution in [0.3, 0.4) is 0 Å². The first-order valence-electron chi connectivity index (χ1n) is 5.75. The Labute approximate surface area is 117 Å². The minimum absolute atomic E-state index is 0.228. The standard InChI is InChI=1S/C12H13F3O6/c13-12(14,15)21-8-4-6(3-7(5-8)11(19)20)10(18)9(17)1-2-16/h3-5,9-10,16-18H,1-2H2,(H,19,20). The molecule has 0 aromatic heterocycles. The summed E-state index contributed by atoms with van der Waals surface area (Å²) in [6.45, 7) is -0.456. The van der Waals surface area contributed by atoms with E-state index in [1.54, 1.807) is 0 Å². The molecule has 2 atom stereocenters. The molecule has 9 heteroatoms. The summed E-state index contributed by atoms with van der Waals surface area (Å²) in [5.41, 5.74) is -0.808. The first-order valence-corrected chi connectivity index (χ1v) is 5.75. The van der Waals surface area contributed by atoms with Gasteiger partial charge in [-0.05, 0) is 30.2 Å². The summed E-state index contributed by atoms with van der Waals surface area (Å²) >= 11 is 0. The van der Waals surface area contributed by atoms with Crippen LogP contribution < -0.4 is 4.74 Å². The number of aromatic carboxylic acids is 1. The molecule has 0 aliphatic heterocycles. The van der Waals surface area contributed by atoms with Crippen molar-refractivity contribution in [1.82, 2.24) is 0 Å². The van der Waals surface area contributed by atoms with E-state index < -0.39 is 42.5 Å². The van der Waals surface area contributed by atoms with Crippen LogP contribution >= 0.6 is 0 Å². The van der Waals surface area contributed by atoms with Crippen LogP contribution in [0.2, 0.25) is 0 Å². The lowest BCUT2D eigenvalue weighted by Crippen LogP contribution is -2.21. The normalized spacial score (nSPS) is 14.6. The Bertz CT molecular complexity index is 502. The van der Waals surface area contributed by atoms with Gasteiger partial charge >= 0.3 is 12.3 Å². The van der Waals surface area contributed by atoms with Crippen molar-refractivity contribution in [3.8, 4) is 5.75 Å². The van der Waals surface area contributed by atoms with Gasteiger partial charge in [-0.3, -0.25) is 0 Å². The average molecular weight is 310 g/mol. The molecule has 118 valence electrons. The number of carboxylic acid groups (broad SMARTS) is 1. The molecule has 0 fully saturated rings. The first-order chi connectivity index (χ1) is 9.64. The molecule has 0 saturated heterocycles. The van der Waals surface area contributed by atoms with Gasteiger partial charge in [0.25, 0.3) is 0 Å². The number of hydrogen-bond acceptors (Lipinski definition) is 5. The molecule has 1 rings (SSSR count). The Balaban J connectivity index is 3.16. The molecule has 6 nitrogen and oxygen atoms in total. The highest BCUT2D eigenvalue weighted by Gasteiger charge is 2.32. The molecule has 1 aromatic carbocycles. The molecular formula is C12H13F3O6. The molecule has 0 radical (unpaired) electrons. The molecule has 0 spiro atoms. The lowest BCUT2D eigenvalue weighted by Gasteiger charge is -2.19. The zero-order valence-corrected chi connectivity index (χ0v) is 10.5. The van der Waals surface area contributed by atoms with Crippen LogP contribution in [0.15, 0.2) is 18.2 Å².